The third kappa shape index (κ3) is 43.1. The number of hydrogen-bond acceptors (Lipinski definition) is 1. The maximum atomic E-state index is 10.3. The summed E-state index contributed by atoms with van der Waals surface area (Å²) >= 11 is 4.61. The van der Waals surface area contributed by atoms with E-state index in [-0.39, 0.29) is 0 Å². The van der Waals surface area contributed by atoms with Gasteiger partial charge < -0.3 is 0 Å². The molecule has 198 valence electrons. The van der Waals surface area contributed by atoms with Crippen LogP contribution in [0.4, 0.5) is 4.20 Å². The van der Waals surface area contributed by atoms with Crippen LogP contribution in [-0.2, 0) is 11.8 Å². The van der Waals surface area contributed by atoms with E-state index < -0.39 is 8.89 Å². The standard InChI is InChI=1S/C41H3PS.CH4FP/c1-2-3-4-5-6-7-8-9-10-11-12-13-14-15-16-17-18-19-20-21-22-23-24-25-26-27-28-29-30-31-32-33-34-35-36-37-38-39-40-41-42-43;1-3-2/h1H3;3H,1H3. The van der Waals surface area contributed by atoms with E-state index in [1.165, 1.54) is 6.66 Å². The zero-order valence-corrected chi connectivity index (χ0v) is 26.4. The summed E-state index contributed by atoms with van der Waals surface area (Å²) in [5.41, 5.74) is 2.59. The van der Waals surface area contributed by atoms with E-state index in [0.29, 0.717) is 7.36 Å². The molecule has 0 heterocycles. The van der Waals surface area contributed by atoms with Crippen LogP contribution in [0.5, 0.6) is 0 Å². The van der Waals surface area contributed by atoms with Crippen molar-refractivity contribution in [1.82, 2.24) is 0 Å². The predicted molar refractivity (Wildman–Crippen MR) is 191 cm³/mol. The van der Waals surface area contributed by atoms with Crippen molar-refractivity contribution in [3.63, 3.8) is 0 Å². The summed E-state index contributed by atoms with van der Waals surface area (Å²) in [6, 6.07) is 0. The maximum absolute atomic E-state index is 10.3. The van der Waals surface area contributed by atoms with E-state index in [9.17, 15) is 4.20 Å². The van der Waals surface area contributed by atoms with Crippen molar-refractivity contribution >= 4 is 28.1 Å². The van der Waals surface area contributed by atoms with Crippen LogP contribution in [0.1, 0.15) is 6.92 Å². The molecule has 0 aliphatic carbocycles. The fourth-order valence-corrected chi connectivity index (χ4v) is 1.48. The molecule has 0 aromatic rings. The number of rotatable bonds is 0. The molecular weight excluding hydrogens is 617 g/mol. The Morgan fingerprint density at radius 2 is 0.457 bits per heavy atom. The van der Waals surface area contributed by atoms with Gasteiger partial charge in [0.25, 0.3) is 0 Å². The Morgan fingerprint density at radius 3 is 0.587 bits per heavy atom. The smallest absolute Gasteiger partial charge is 0.0639 e. The van der Waals surface area contributed by atoms with E-state index in [2.05, 4.69) is 248 Å². The fraction of sp³-hybridized carbons (Fsp3) is 0.0476. The number of hydrogen-bond donors (Lipinski definition) is 0. The van der Waals surface area contributed by atoms with E-state index in [0.717, 1.165) is 0 Å². The molecule has 0 saturated heterocycles. The predicted octanol–water partition coefficient (Wildman–Crippen LogP) is 2.62. The summed E-state index contributed by atoms with van der Waals surface area (Å²) in [6.45, 7) is 3.18. The van der Waals surface area contributed by atoms with Gasteiger partial charge in [-0.05, 0) is 126 Å². The van der Waals surface area contributed by atoms with Crippen LogP contribution in [0.2, 0.25) is 0 Å². The number of halogens is 1. The molecule has 4 heteroatoms. The molecule has 0 radical (unpaired) electrons. The second-order valence-corrected chi connectivity index (χ2v) is 6.72. The molecule has 0 nitrogen and oxygen atoms in total. The Hall–Kier alpha value is -7.92. The van der Waals surface area contributed by atoms with Gasteiger partial charge in [0, 0.05) is 130 Å². The highest BCUT2D eigenvalue weighted by Crippen LogP contribution is 1.97. The second-order valence-electron chi connectivity index (χ2n) is 5.39. The molecule has 0 N–H and O–H groups in total. The van der Waals surface area contributed by atoms with E-state index >= 15 is 0 Å². The molecule has 0 bridgehead atoms. The average molecular weight is 625 g/mol. The second kappa shape index (κ2) is 41.6. The van der Waals surface area contributed by atoms with Crippen LogP contribution >= 0.6 is 16.2 Å². The minimum Gasteiger partial charge on any atom is -0.231 e. The van der Waals surface area contributed by atoms with Crippen LogP contribution in [0, 0.1) is 237 Å². The summed E-state index contributed by atoms with van der Waals surface area (Å²) in [6.07, 6.45) is 0. The molecule has 0 aliphatic heterocycles. The Bertz CT molecular complexity index is 2510. The van der Waals surface area contributed by atoms with Crippen molar-refractivity contribution in [2.75, 3.05) is 6.66 Å². The molecule has 0 aromatic heterocycles. The summed E-state index contributed by atoms with van der Waals surface area (Å²) in [7, 11) is 0.128. The van der Waals surface area contributed by atoms with E-state index in [1.54, 1.807) is 6.92 Å². The zero-order chi connectivity index (χ0) is 33.7. The first kappa shape index (κ1) is 40.2. The van der Waals surface area contributed by atoms with Crippen molar-refractivity contribution in [2.24, 2.45) is 0 Å². The van der Waals surface area contributed by atoms with E-state index in [4.69, 9.17) is 0 Å². The molecule has 0 fully saturated rings. The minimum absolute atomic E-state index is 0.417. The van der Waals surface area contributed by atoms with Gasteiger partial charge >= 0.3 is 0 Å². The lowest BCUT2D eigenvalue weighted by molar-refractivity contribution is 0.925. The first-order chi connectivity index (χ1) is 22.8. The van der Waals surface area contributed by atoms with Gasteiger partial charge in [0.15, 0.2) is 0 Å². The molecule has 0 saturated carbocycles. The van der Waals surface area contributed by atoms with Gasteiger partial charge in [0.2, 0.25) is 0 Å². The summed E-state index contributed by atoms with van der Waals surface area (Å²) in [5, 5.41) is 0. The molecular formula is C42H7FP2S. The van der Waals surface area contributed by atoms with Gasteiger partial charge in [-0.15, -0.1) is 0 Å². The molecule has 1 unspecified atom stereocenters. The quantitative estimate of drug-likeness (QED) is 0.295. The van der Waals surface area contributed by atoms with Crippen molar-refractivity contribution in [1.29, 1.82) is 0 Å². The monoisotopic (exact) mass is 624 g/mol. The van der Waals surface area contributed by atoms with Gasteiger partial charge in [-0.25, -0.2) is 4.20 Å². The molecule has 0 aliphatic rings. The van der Waals surface area contributed by atoms with Crippen LogP contribution in [0.15, 0.2) is 0 Å². The first-order valence-corrected chi connectivity index (χ1v) is 14.6. The van der Waals surface area contributed by atoms with Crippen LogP contribution in [0.3, 0.4) is 0 Å². The Labute approximate surface area is 281 Å². The first-order valence-electron chi connectivity index (χ1n) is 11.3. The third-order valence-electron chi connectivity index (χ3n) is 2.54. The van der Waals surface area contributed by atoms with Gasteiger partial charge in [0.05, 0.1) is 16.2 Å². The van der Waals surface area contributed by atoms with Crippen molar-refractivity contribution in [3.05, 3.63) is 0 Å². The van der Waals surface area contributed by atoms with Gasteiger partial charge in [-0.2, -0.15) is 0 Å². The maximum Gasteiger partial charge on any atom is 0.0639 e. The Kier molecular flexibility index (Phi) is 36.3. The van der Waals surface area contributed by atoms with Gasteiger partial charge in [-0.3, -0.25) is 0 Å². The minimum atomic E-state index is -0.417. The van der Waals surface area contributed by atoms with Crippen LogP contribution in [-0.4, -0.2) is 6.66 Å². The largest absolute Gasteiger partial charge is 0.231 e. The van der Waals surface area contributed by atoms with E-state index in [1.807, 2.05) is 0 Å². The highest BCUT2D eigenvalue weighted by Gasteiger charge is 1.61. The lowest BCUT2D eigenvalue weighted by Gasteiger charge is -1.57. The fourth-order valence-electron chi connectivity index (χ4n) is 1.24. The Morgan fingerprint density at radius 1 is 0.326 bits per heavy atom. The van der Waals surface area contributed by atoms with Crippen molar-refractivity contribution < 1.29 is 4.20 Å². The lowest BCUT2D eigenvalue weighted by Crippen LogP contribution is -1.57. The van der Waals surface area contributed by atoms with Crippen molar-refractivity contribution in [3.8, 4) is 237 Å². The molecule has 0 rings (SSSR count). The van der Waals surface area contributed by atoms with Crippen LogP contribution in [0.25, 0.3) is 0 Å². The molecule has 0 amide bonds. The molecule has 0 spiro atoms. The summed E-state index contributed by atoms with van der Waals surface area (Å²) in [4.78, 5) is 0. The molecule has 46 heavy (non-hydrogen) atoms. The summed E-state index contributed by atoms with van der Waals surface area (Å²) in [5.74, 6) is 97.8. The summed E-state index contributed by atoms with van der Waals surface area (Å²) < 4.78 is 10.3. The SMILES string of the molecule is CC#CC#CC#CC#CC#CC#CC#CC#CC#CC#CC#CC#CC#CC#CC#CC#CC#CC#CC#CC#CP=S.CPF. The van der Waals surface area contributed by atoms with Crippen LogP contribution < -0.4 is 0 Å². The highest BCUT2D eigenvalue weighted by atomic mass is 32.4. The van der Waals surface area contributed by atoms with Gasteiger partial charge in [0.1, 0.15) is 0 Å². The topological polar surface area (TPSA) is 0 Å². The average Bonchev–Trinajstić information content (AvgIpc) is 3.06. The lowest BCUT2D eigenvalue weighted by atomic mass is 10.4. The normalized spacial score (nSPS) is 4.59. The van der Waals surface area contributed by atoms with Gasteiger partial charge in [-0.1, -0.05) is 5.92 Å². The highest BCUT2D eigenvalue weighted by molar-refractivity contribution is 7.98. The zero-order valence-electron chi connectivity index (χ0n) is 23.7. The third-order valence-corrected chi connectivity index (χ3v) is 3.02. The van der Waals surface area contributed by atoms with Crippen molar-refractivity contribution in [2.45, 2.75) is 6.92 Å². The molecule has 1 atom stereocenters. The Balaban J connectivity index is 0. The molecule has 0 aromatic carbocycles.